The Balaban J connectivity index is 1.71. The Kier molecular flexibility index (Phi) is 4.45. The van der Waals surface area contributed by atoms with Gasteiger partial charge in [-0.05, 0) is 48.5 Å². The molecule has 0 radical (unpaired) electrons. The second kappa shape index (κ2) is 6.69. The summed E-state index contributed by atoms with van der Waals surface area (Å²) in [4.78, 5) is -0.161. The Morgan fingerprint density at radius 2 is 1.67 bits per heavy atom. The zero-order valence-electron chi connectivity index (χ0n) is 12.5. The van der Waals surface area contributed by atoms with Crippen LogP contribution in [0, 0.1) is 0 Å². The minimum absolute atomic E-state index is 0.161. The van der Waals surface area contributed by atoms with E-state index in [1.807, 2.05) is 30.3 Å². The van der Waals surface area contributed by atoms with Gasteiger partial charge in [0.25, 0.3) is 10.1 Å². The molecule has 24 heavy (non-hydrogen) atoms. The Hall–Kier alpha value is -2.90. The van der Waals surface area contributed by atoms with Crippen LogP contribution in [0.1, 0.15) is 5.76 Å². The van der Waals surface area contributed by atoms with Crippen LogP contribution in [0.15, 0.2) is 81.1 Å². The number of anilines is 1. The fourth-order valence-corrected chi connectivity index (χ4v) is 2.53. The third-order valence-electron chi connectivity index (χ3n) is 3.22. The van der Waals surface area contributed by atoms with Crippen molar-refractivity contribution >= 4 is 22.0 Å². The summed E-state index contributed by atoms with van der Waals surface area (Å²) in [5, 5.41) is 4.08. The lowest BCUT2D eigenvalue weighted by Gasteiger charge is -1.99. The molecule has 0 unspecified atom stereocenters. The fraction of sp³-hybridized carbons (Fsp3) is 0. The fourth-order valence-electron chi connectivity index (χ4n) is 2.05. The van der Waals surface area contributed by atoms with E-state index in [0.717, 1.165) is 5.69 Å². The lowest BCUT2D eigenvalue weighted by atomic mass is 10.2. The summed E-state index contributed by atoms with van der Waals surface area (Å²) in [6.07, 6.45) is 1.54. The second-order valence-electron chi connectivity index (χ2n) is 4.94. The van der Waals surface area contributed by atoms with Crippen molar-refractivity contribution in [2.45, 2.75) is 4.90 Å². The predicted octanol–water partition coefficient (Wildman–Crippen LogP) is 3.64. The monoisotopic (exact) mass is 342 g/mol. The first kappa shape index (κ1) is 16.0. The van der Waals surface area contributed by atoms with Crippen LogP contribution >= 0.6 is 0 Å². The zero-order chi connectivity index (χ0) is 17.0. The number of benzene rings is 2. The van der Waals surface area contributed by atoms with Crippen LogP contribution in [0.4, 0.5) is 5.69 Å². The van der Waals surface area contributed by atoms with Crippen LogP contribution in [-0.4, -0.2) is 19.2 Å². The topological polar surface area (TPSA) is 91.9 Å². The number of nitrogens with one attached hydrogen (secondary N) is 1. The van der Waals surface area contributed by atoms with E-state index >= 15 is 0 Å². The van der Waals surface area contributed by atoms with E-state index in [0.29, 0.717) is 17.1 Å². The van der Waals surface area contributed by atoms with Gasteiger partial charge in [0, 0.05) is 5.56 Å². The highest BCUT2D eigenvalue weighted by atomic mass is 32.2. The van der Waals surface area contributed by atoms with Crippen molar-refractivity contribution in [3.63, 3.8) is 0 Å². The van der Waals surface area contributed by atoms with E-state index in [2.05, 4.69) is 10.5 Å². The maximum atomic E-state index is 11.0. The van der Waals surface area contributed by atoms with Crippen molar-refractivity contribution in [2.75, 3.05) is 5.43 Å². The van der Waals surface area contributed by atoms with Crippen molar-refractivity contribution < 1.29 is 17.4 Å². The molecule has 0 amide bonds. The highest BCUT2D eigenvalue weighted by Crippen LogP contribution is 2.23. The molecular weight excluding hydrogens is 328 g/mol. The van der Waals surface area contributed by atoms with Gasteiger partial charge in [0.05, 0.1) is 16.8 Å². The molecule has 0 spiro atoms. The van der Waals surface area contributed by atoms with Gasteiger partial charge >= 0.3 is 0 Å². The number of hydrogen-bond donors (Lipinski definition) is 2. The van der Waals surface area contributed by atoms with Gasteiger partial charge in [0.15, 0.2) is 0 Å². The average Bonchev–Trinajstić information content (AvgIpc) is 3.04. The van der Waals surface area contributed by atoms with Gasteiger partial charge in [-0.15, -0.1) is 0 Å². The van der Waals surface area contributed by atoms with E-state index in [1.54, 1.807) is 30.5 Å². The van der Waals surface area contributed by atoms with Crippen molar-refractivity contribution in [1.29, 1.82) is 0 Å². The number of hydrazone groups is 1. The summed E-state index contributed by atoms with van der Waals surface area (Å²) in [5.41, 5.74) is 4.44. The van der Waals surface area contributed by atoms with E-state index < -0.39 is 10.1 Å². The molecular formula is C17H14N2O4S. The van der Waals surface area contributed by atoms with E-state index in [1.165, 1.54) is 12.1 Å². The maximum absolute atomic E-state index is 11.0. The van der Waals surface area contributed by atoms with Crippen LogP contribution in [-0.2, 0) is 10.1 Å². The molecule has 0 bridgehead atoms. The molecule has 3 rings (SSSR count). The first-order chi connectivity index (χ1) is 11.5. The molecule has 3 aromatic rings. The van der Waals surface area contributed by atoms with Crippen LogP contribution < -0.4 is 5.43 Å². The minimum Gasteiger partial charge on any atom is -0.455 e. The summed E-state index contributed by atoms with van der Waals surface area (Å²) in [7, 11) is -4.19. The van der Waals surface area contributed by atoms with Crippen LogP contribution in [0.5, 0.6) is 0 Å². The molecule has 2 aromatic carbocycles. The molecule has 0 atom stereocenters. The SMILES string of the molecule is O=S(=O)(O)c1ccc(-c2ccc(C=NNc3ccccc3)o2)cc1. The molecule has 1 heterocycles. The maximum Gasteiger partial charge on any atom is 0.294 e. The molecule has 0 aliphatic carbocycles. The van der Waals surface area contributed by atoms with Crippen molar-refractivity contribution in [3.05, 3.63) is 72.5 Å². The molecule has 0 saturated carbocycles. The Labute approximate surface area is 139 Å². The van der Waals surface area contributed by atoms with Gasteiger partial charge in [-0.1, -0.05) is 18.2 Å². The Bertz CT molecular complexity index is 946. The summed E-state index contributed by atoms with van der Waals surface area (Å²) in [5.74, 6) is 1.12. The summed E-state index contributed by atoms with van der Waals surface area (Å²) in [6.45, 7) is 0. The third kappa shape index (κ3) is 3.89. The standard InChI is InChI=1S/C17H14N2O4S/c20-24(21,22)16-9-6-13(7-10-16)17-11-8-15(23-17)12-18-19-14-4-2-1-3-5-14/h1-12,19H,(H,20,21,22). The van der Waals surface area contributed by atoms with Crippen LogP contribution in [0.3, 0.4) is 0 Å². The third-order valence-corrected chi connectivity index (χ3v) is 4.09. The molecule has 0 aliphatic rings. The number of hydrogen-bond acceptors (Lipinski definition) is 5. The first-order valence-electron chi connectivity index (χ1n) is 7.04. The van der Waals surface area contributed by atoms with Gasteiger partial charge in [-0.3, -0.25) is 9.98 Å². The molecule has 0 fully saturated rings. The molecule has 1 aromatic heterocycles. The quantitative estimate of drug-likeness (QED) is 0.419. The molecule has 0 aliphatic heterocycles. The molecule has 2 N–H and O–H groups in total. The smallest absolute Gasteiger partial charge is 0.294 e. The van der Waals surface area contributed by atoms with Crippen LogP contribution in [0.2, 0.25) is 0 Å². The van der Waals surface area contributed by atoms with Gasteiger partial charge in [-0.2, -0.15) is 13.5 Å². The molecule has 122 valence electrons. The first-order valence-corrected chi connectivity index (χ1v) is 8.48. The summed E-state index contributed by atoms with van der Waals surface area (Å²) in [6, 6.07) is 18.8. The molecule has 6 nitrogen and oxygen atoms in total. The zero-order valence-corrected chi connectivity index (χ0v) is 13.3. The highest BCUT2D eigenvalue weighted by molar-refractivity contribution is 7.85. The van der Waals surface area contributed by atoms with Crippen molar-refractivity contribution in [2.24, 2.45) is 5.10 Å². The van der Waals surface area contributed by atoms with E-state index in [9.17, 15) is 8.42 Å². The van der Waals surface area contributed by atoms with Gasteiger partial charge in [-0.25, -0.2) is 0 Å². The van der Waals surface area contributed by atoms with Gasteiger partial charge in [0.2, 0.25) is 0 Å². The second-order valence-corrected chi connectivity index (χ2v) is 6.36. The average molecular weight is 342 g/mol. The summed E-state index contributed by atoms with van der Waals surface area (Å²) < 4.78 is 36.7. The highest BCUT2D eigenvalue weighted by Gasteiger charge is 2.10. The Morgan fingerprint density at radius 3 is 2.33 bits per heavy atom. The number of rotatable bonds is 5. The number of furan rings is 1. The molecule has 0 saturated heterocycles. The van der Waals surface area contributed by atoms with Crippen molar-refractivity contribution in [3.8, 4) is 11.3 Å². The largest absolute Gasteiger partial charge is 0.455 e. The predicted molar refractivity (Wildman–Crippen MR) is 91.6 cm³/mol. The van der Waals surface area contributed by atoms with Crippen molar-refractivity contribution in [1.82, 2.24) is 0 Å². The number of nitrogens with zero attached hydrogens (tertiary/aromatic N) is 1. The lowest BCUT2D eigenvalue weighted by Crippen LogP contribution is -1.97. The normalized spacial score (nSPS) is 11.7. The minimum atomic E-state index is -4.19. The summed E-state index contributed by atoms with van der Waals surface area (Å²) >= 11 is 0. The van der Waals surface area contributed by atoms with Gasteiger partial charge in [0.1, 0.15) is 11.5 Å². The number of para-hydroxylation sites is 1. The molecule has 7 heteroatoms. The van der Waals surface area contributed by atoms with Gasteiger partial charge < -0.3 is 4.42 Å². The Morgan fingerprint density at radius 1 is 0.958 bits per heavy atom. The van der Waals surface area contributed by atoms with Crippen LogP contribution in [0.25, 0.3) is 11.3 Å². The van der Waals surface area contributed by atoms with E-state index in [-0.39, 0.29) is 4.90 Å². The van der Waals surface area contributed by atoms with E-state index in [4.69, 9.17) is 8.97 Å². The lowest BCUT2D eigenvalue weighted by molar-refractivity contribution is 0.483.